The van der Waals surface area contributed by atoms with Crippen LogP contribution in [0.3, 0.4) is 0 Å². The molecule has 4 amide bonds. The monoisotopic (exact) mass is 693 g/mol. The Morgan fingerprint density at radius 1 is 0.958 bits per heavy atom. The zero-order valence-electron chi connectivity index (χ0n) is 31.4. The van der Waals surface area contributed by atoms with E-state index in [1.165, 1.54) is 0 Å². The highest BCUT2D eigenvalue weighted by atomic mass is 32.2. The number of hydrogen-bond donors (Lipinski definition) is 2. The number of carbonyl (C=O) groups is 5. The first kappa shape index (κ1) is 41.6. The smallest absolute Gasteiger partial charge is 0.328 e. The van der Waals surface area contributed by atoms with Gasteiger partial charge in [-0.1, -0.05) is 47.1 Å². The third kappa shape index (κ3) is 11.2. The molecule has 2 N–H and O–H groups in total. The topological polar surface area (TPSA) is 128 Å². The van der Waals surface area contributed by atoms with Gasteiger partial charge >= 0.3 is 5.97 Å². The molecule has 12 heteroatoms. The molecule has 2 saturated heterocycles. The third-order valence-corrected chi connectivity index (χ3v) is 10.1. The van der Waals surface area contributed by atoms with Crippen molar-refractivity contribution in [2.75, 3.05) is 38.8 Å². The van der Waals surface area contributed by atoms with Crippen molar-refractivity contribution in [1.29, 1.82) is 0 Å². The Balaban J connectivity index is 2.26. The molecule has 2 heterocycles. The molecule has 48 heavy (non-hydrogen) atoms. The van der Waals surface area contributed by atoms with Gasteiger partial charge in [-0.05, 0) is 89.7 Å². The van der Waals surface area contributed by atoms with Gasteiger partial charge in [-0.3, -0.25) is 24.1 Å². The molecular formula is C36H63N5O6S. The molecule has 0 aromatic rings. The zero-order valence-corrected chi connectivity index (χ0v) is 32.2. The maximum absolute atomic E-state index is 14.2. The highest BCUT2D eigenvalue weighted by molar-refractivity contribution is 7.98. The van der Waals surface area contributed by atoms with Crippen molar-refractivity contribution < 1.29 is 28.7 Å². The fraction of sp³-hybridized carbons (Fsp3) is 0.806. The number of thioether (sulfide) groups is 1. The van der Waals surface area contributed by atoms with E-state index in [0.29, 0.717) is 37.1 Å². The van der Waals surface area contributed by atoms with Gasteiger partial charge < -0.3 is 25.2 Å². The van der Waals surface area contributed by atoms with Crippen LogP contribution in [-0.4, -0.2) is 119 Å². The van der Waals surface area contributed by atoms with E-state index in [1.807, 2.05) is 40.9 Å². The van der Waals surface area contributed by atoms with Crippen LogP contribution in [0.1, 0.15) is 101 Å². The van der Waals surface area contributed by atoms with Crippen LogP contribution in [-0.2, 0) is 28.7 Å². The van der Waals surface area contributed by atoms with E-state index >= 15 is 0 Å². The van der Waals surface area contributed by atoms with E-state index in [1.54, 1.807) is 48.5 Å². The number of nitrogens with zero attached hydrogens (tertiary/aromatic N) is 3. The minimum Gasteiger partial charge on any atom is -0.464 e. The minimum absolute atomic E-state index is 0.0350. The summed E-state index contributed by atoms with van der Waals surface area (Å²) in [5, 5.41) is 5.96. The van der Waals surface area contributed by atoms with Gasteiger partial charge in [-0.2, -0.15) is 11.8 Å². The van der Waals surface area contributed by atoms with Crippen LogP contribution in [0.15, 0.2) is 11.6 Å². The summed E-state index contributed by atoms with van der Waals surface area (Å²) in [4.78, 5) is 73.0. The largest absolute Gasteiger partial charge is 0.464 e. The molecule has 0 radical (unpaired) electrons. The number of piperidine rings is 1. The maximum Gasteiger partial charge on any atom is 0.328 e. The molecule has 0 aromatic carbocycles. The average molecular weight is 694 g/mol. The Morgan fingerprint density at radius 2 is 1.58 bits per heavy atom. The van der Waals surface area contributed by atoms with Crippen LogP contribution in [0, 0.1) is 11.3 Å². The summed E-state index contributed by atoms with van der Waals surface area (Å²) in [7, 11) is 1.73. The fourth-order valence-electron chi connectivity index (χ4n) is 6.67. The predicted molar refractivity (Wildman–Crippen MR) is 192 cm³/mol. The average Bonchev–Trinajstić information content (AvgIpc) is 3.52. The quantitative estimate of drug-likeness (QED) is 0.195. The summed E-state index contributed by atoms with van der Waals surface area (Å²) < 4.78 is 5.18. The number of likely N-dealkylation sites (N-methyl/N-ethyl adjacent to an activating group) is 1. The molecule has 2 fully saturated rings. The number of hydrogen-bond acceptors (Lipinski definition) is 8. The molecule has 0 bridgehead atoms. The summed E-state index contributed by atoms with van der Waals surface area (Å²) >= 11 is 1.58. The van der Waals surface area contributed by atoms with Crippen LogP contribution < -0.4 is 10.6 Å². The van der Waals surface area contributed by atoms with E-state index in [9.17, 15) is 24.0 Å². The first-order valence-electron chi connectivity index (χ1n) is 17.7. The number of likely N-dealkylation sites (tertiary alicyclic amines) is 2. The lowest BCUT2D eigenvalue weighted by Crippen LogP contribution is -2.60. The van der Waals surface area contributed by atoms with Gasteiger partial charge in [0.2, 0.25) is 23.6 Å². The molecule has 0 spiro atoms. The number of carbonyl (C=O) groups excluding carboxylic acids is 5. The van der Waals surface area contributed by atoms with Gasteiger partial charge in [0.25, 0.3) is 0 Å². The van der Waals surface area contributed by atoms with Crippen molar-refractivity contribution in [2.24, 2.45) is 11.3 Å². The number of rotatable bonds is 15. The zero-order chi connectivity index (χ0) is 36.3. The van der Waals surface area contributed by atoms with Crippen LogP contribution in [0.4, 0.5) is 0 Å². The van der Waals surface area contributed by atoms with Gasteiger partial charge in [0.05, 0.1) is 18.7 Å². The van der Waals surface area contributed by atoms with Crippen molar-refractivity contribution in [3.05, 3.63) is 11.6 Å². The van der Waals surface area contributed by atoms with Crippen LogP contribution in [0.25, 0.3) is 0 Å². The molecular weight excluding hydrogens is 630 g/mol. The Bertz CT molecular complexity index is 1150. The number of ether oxygens (including phenoxy) is 1. The Kier molecular flexibility index (Phi) is 16.4. The number of amides is 4. The minimum atomic E-state index is -0.771. The predicted octanol–water partition coefficient (Wildman–Crippen LogP) is 4.00. The Morgan fingerprint density at radius 3 is 2.15 bits per heavy atom. The second-order valence-corrected chi connectivity index (χ2v) is 15.9. The molecule has 274 valence electrons. The Labute approximate surface area is 293 Å². The summed E-state index contributed by atoms with van der Waals surface area (Å²) in [6, 6.07) is -2.71. The summed E-state index contributed by atoms with van der Waals surface area (Å²) in [6.45, 7) is 19.0. The van der Waals surface area contributed by atoms with Gasteiger partial charge in [0.15, 0.2) is 0 Å². The molecule has 1 unspecified atom stereocenters. The van der Waals surface area contributed by atoms with Crippen molar-refractivity contribution in [2.45, 2.75) is 137 Å². The van der Waals surface area contributed by atoms with E-state index in [0.717, 1.165) is 25.8 Å². The molecule has 0 aromatic heterocycles. The van der Waals surface area contributed by atoms with Gasteiger partial charge in [-0.15, -0.1) is 0 Å². The standard InChI is InChI=1S/C36H63N5O6S/c1-12-47-35(46)26(18-21-48-11)37-31(42)28-17-15-20-41(28)33(44)25(6)22-29(23(2)3)39(10)34(45)30(36(7,8)9)38-32(43)27-16-13-14-19-40(27)24(4)5/h22-24,26-30H,12-21H2,1-11H3,(H,37,42)(H,38,43)/b25-22+/t26-,27+,28-,29+,30?/m0/s1. The number of nitrogens with one attached hydrogen (secondary N) is 2. The highest BCUT2D eigenvalue weighted by Crippen LogP contribution is 2.27. The van der Waals surface area contributed by atoms with Gasteiger partial charge in [0.1, 0.15) is 18.1 Å². The molecule has 2 rings (SSSR count). The van der Waals surface area contributed by atoms with E-state index < -0.39 is 35.6 Å². The second kappa shape index (κ2) is 19.0. The summed E-state index contributed by atoms with van der Waals surface area (Å²) in [5.41, 5.74) is -0.120. The van der Waals surface area contributed by atoms with Crippen molar-refractivity contribution in [3.8, 4) is 0 Å². The molecule has 0 saturated carbocycles. The normalized spacial score (nSPS) is 21.1. The SMILES string of the molecule is CCOC(=O)[C@H](CCSC)NC(=O)[C@@H]1CCCN1C(=O)/C(C)=C/[C@H](C(C)C)N(C)C(=O)C(NC(=O)[C@H]1CCCCN1C(C)C)C(C)(C)C. The van der Waals surface area contributed by atoms with Crippen molar-refractivity contribution in [1.82, 2.24) is 25.3 Å². The summed E-state index contributed by atoms with van der Waals surface area (Å²) in [6.07, 6.45) is 8.14. The van der Waals surface area contributed by atoms with Gasteiger partial charge in [0, 0.05) is 25.2 Å². The van der Waals surface area contributed by atoms with Crippen molar-refractivity contribution >= 4 is 41.4 Å². The van der Waals surface area contributed by atoms with Crippen molar-refractivity contribution in [3.63, 3.8) is 0 Å². The van der Waals surface area contributed by atoms with Crippen LogP contribution >= 0.6 is 11.8 Å². The first-order chi connectivity index (χ1) is 22.5. The van der Waals surface area contributed by atoms with E-state index in [2.05, 4.69) is 29.4 Å². The lowest BCUT2D eigenvalue weighted by Gasteiger charge is -2.41. The molecule has 2 aliphatic rings. The first-order valence-corrected chi connectivity index (χ1v) is 19.1. The number of esters is 1. The van der Waals surface area contributed by atoms with Crippen LogP contribution in [0.5, 0.6) is 0 Å². The van der Waals surface area contributed by atoms with E-state index in [4.69, 9.17) is 4.74 Å². The molecule has 2 aliphatic heterocycles. The lowest BCUT2D eigenvalue weighted by molar-refractivity contribution is -0.148. The van der Waals surface area contributed by atoms with Gasteiger partial charge in [-0.25, -0.2) is 4.79 Å². The fourth-order valence-corrected chi connectivity index (χ4v) is 7.15. The summed E-state index contributed by atoms with van der Waals surface area (Å²) in [5.74, 6) is -0.802. The van der Waals surface area contributed by atoms with E-state index in [-0.39, 0.29) is 48.2 Å². The molecule has 0 aliphatic carbocycles. The Hall–Kier alpha value is -2.60. The molecule has 11 nitrogen and oxygen atoms in total. The lowest BCUT2D eigenvalue weighted by atomic mass is 9.84. The second-order valence-electron chi connectivity index (χ2n) is 14.9. The maximum atomic E-state index is 14.2. The third-order valence-electron chi connectivity index (χ3n) is 9.46. The molecule has 5 atom stereocenters. The van der Waals surface area contributed by atoms with Crippen LogP contribution in [0.2, 0.25) is 0 Å². The highest BCUT2D eigenvalue weighted by Gasteiger charge is 2.41.